The number of rotatable bonds is 3. The van der Waals surface area contributed by atoms with E-state index in [-0.39, 0.29) is 18.0 Å². The highest BCUT2D eigenvalue weighted by Gasteiger charge is 2.26. The molecule has 0 saturated carbocycles. The van der Waals surface area contributed by atoms with Gasteiger partial charge >= 0.3 is 5.97 Å². The van der Waals surface area contributed by atoms with Gasteiger partial charge < -0.3 is 10.5 Å². The van der Waals surface area contributed by atoms with Gasteiger partial charge in [-0.1, -0.05) is 6.92 Å². The van der Waals surface area contributed by atoms with Crippen LogP contribution in [0.3, 0.4) is 0 Å². The maximum atomic E-state index is 12.1. The molecule has 3 aromatic rings. The van der Waals surface area contributed by atoms with Crippen molar-refractivity contribution in [1.29, 1.82) is 0 Å². The quantitative estimate of drug-likeness (QED) is 0.711. The average Bonchev–Trinajstić information content (AvgIpc) is 3.13. The van der Waals surface area contributed by atoms with E-state index in [0.29, 0.717) is 17.6 Å². The Labute approximate surface area is 155 Å². The summed E-state index contributed by atoms with van der Waals surface area (Å²) < 4.78 is 6.59. The maximum absolute atomic E-state index is 12.1. The Bertz CT molecular complexity index is 1010. The van der Waals surface area contributed by atoms with Crippen LogP contribution in [0.2, 0.25) is 0 Å². The van der Waals surface area contributed by atoms with E-state index in [4.69, 9.17) is 10.5 Å². The van der Waals surface area contributed by atoms with Gasteiger partial charge in [-0.25, -0.2) is 14.8 Å². The summed E-state index contributed by atoms with van der Waals surface area (Å²) in [5, 5.41) is 5.34. The molecule has 0 unspecified atom stereocenters. The lowest BCUT2D eigenvalue weighted by Gasteiger charge is -2.18. The van der Waals surface area contributed by atoms with Crippen molar-refractivity contribution in [2.75, 3.05) is 12.3 Å². The molecule has 136 valence electrons. The zero-order valence-corrected chi connectivity index (χ0v) is 15.9. The van der Waals surface area contributed by atoms with E-state index >= 15 is 0 Å². The summed E-state index contributed by atoms with van der Waals surface area (Å²) in [6.07, 6.45) is 4.66. The molecule has 0 spiro atoms. The first-order valence-corrected chi connectivity index (χ1v) is 9.61. The van der Waals surface area contributed by atoms with E-state index in [1.54, 1.807) is 18.3 Å². The second-order valence-corrected chi connectivity index (χ2v) is 7.79. The first kappa shape index (κ1) is 17.0. The monoisotopic (exact) mass is 371 g/mol. The second kappa shape index (κ2) is 6.35. The normalized spacial score (nSPS) is 16.7. The Hall–Kier alpha value is -2.48. The second-order valence-electron chi connectivity index (χ2n) is 6.70. The molecular weight excluding hydrogens is 350 g/mol. The van der Waals surface area contributed by atoms with Gasteiger partial charge in [-0.15, -0.1) is 11.3 Å². The third-order valence-electron chi connectivity index (χ3n) is 4.75. The van der Waals surface area contributed by atoms with Gasteiger partial charge in [-0.2, -0.15) is 9.78 Å². The van der Waals surface area contributed by atoms with Gasteiger partial charge in [0.15, 0.2) is 5.82 Å². The summed E-state index contributed by atoms with van der Waals surface area (Å²) in [6, 6.07) is 0. The Kier molecular flexibility index (Phi) is 4.14. The van der Waals surface area contributed by atoms with Crippen LogP contribution < -0.4 is 5.73 Å². The largest absolute Gasteiger partial charge is 0.462 e. The van der Waals surface area contributed by atoms with E-state index in [0.717, 1.165) is 29.5 Å². The fourth-order valence-corrected chi connectivity index (χ4v) is 4.90. The number of aromatic nitrogens is 4. The highest BCUT2D eigenvalue weighted by Crippen LogP contribution is 2.39. The number of aryl methyl sites for hydroxylation is 2. The van der Waals surface area contributed by atoms with Crippen molar-refractivity contribution in [3.8, 4) is 5.82 Å². The summed E-state index contributed by atoms with van der Waals surface area (Å²) in [7, 11) is 0. The van der Waals surface area contributed by atoms with Crippen molar-refractivity contribution in [2.24, 2.45) is 5.92 Å². The first-order valence-electron chi connectivity index (χ1n) is 8.79. The van der Waals surface area contributed by atoms with Crippen LogP contribution in [-0.4, -0.2) is 32.3 Å². The number of carbonyl (C=O) groups is 1. The van der Waals surface area contributed by atoms with Gasteiger partial charge in [0.2, 0.25) is 0 Å². The molecule has 2 N–H and O–H groups in total. The predicted octanol–water partition coefficient (Wildman–Crippen LogP) is 3.07. The molecule has 0 bridgehead atoms. The minimum atomic E-state index is -0.473. The zero-order valence-electron chi connectivity index (χ0n) is 15.1. The molecule has 0 amide bonds. The number of nitrogens with two attached hydrogens (primary N) is 1. The molecule has 1 aliphatic carbocycles. The van der Waals surface area contributed by atoms with Crippen LogP contribution in [-0.2, 0) is 17.6 Å². The van der Waals surface area contributed by atoms with Crippen molar-refractivity contribution >= 4 is 33.3 Å². The minimum absolute atomic E-state index is 0.243. The van der Waals surface area contributed by atoms with Gasteiger partial charge in [0.25, 0.3) is 0 Å². The topological polar surface area (TPSA) is 95.9 Å². The summed E-state index contributed by atoms with van der Waals surface area (Å²) >= 11 is 1.73. The van der Waals surface area contributed by atoms with E-state index in [2.05, 4.69) is 22.0 Å². The molecule has 0 fully saturated rings. The number of hydrogen-bond acceptors (Lipinski definition) is 7. The van der Waals surface area contributed by atoms with E-state index < -0.39 is 5.97 Å². The van der Waals surface area contributed by atoms with Crippen LogP contribution in [0.5, 0.6) is 0 Å². The van der Waals surface area contributed by atoms with Gasteiger partial charge in [0.05, 0.1) is 18.2 Å². The Morgan fingerprint density at radius 2 is 2.27 bits per heavy atom. The van der Waals surface area contributed by atoms with Gasteiger partial charge in [-0.05, 0) is 44.6 Å². The van der Waals surface area contributed by atoms with Crippen molar-refractivity contribution in [2.45, 2.75) is 40.0 Å². The van der Waals surface area contributed by atoms with Gasteiger partial charge in [0, 0.05) is 4.88 Å². The zero-order chi connectivity index (χ0) is 18.4. The summed E-state index contributed by atoms with van der Waals surface area (Å²) in [5.74, 6) is 1.75. The fourth-order valence-electron chi connectivity index (χ4n) is 3.47. The molecule has 0 aromatic carbocycles. The van der Waals surface area contributed by atoms with Crippen LogP contribution >= 0.6 is 11.3 Å². The molecule has 3 heterocycles. The third-order valence-corrected chi connectivity index (χ3v) is 5.90. The molecule has 4 rings (SSSR count). The number of nitrogens with zero attached hydrogens (tertiary/aromatic N) is 4. The number of carbonyl (C=O) groups excluding carboxylic acids is 1. The highest BCUT2D eigenvalue weighted by atomic mass is 32.1. The molecule has 0 saturated heterocycles. The number of nitrogen functional groups attached to an aromatic ring is 1. The molecule has 0 radical (unpaired) electrons. The highest BCUT2D eigenvalue weighted by molar-refractivity contribution is 7.18. The van der Waals surface area contributed by atoms with Crippen LogP contribution in [0.1, 0.15) is 46.9 Å². The smallest absolute Gasteiger partial charge is 0.343 e. The van der Waals surface area contributed by atoms with E-state index in [1.165, 1.54) is 21.3 Å². The lowest BCUT2D eigenvalue weighted by Crippen LogP contribution is -2.12. The first-order chi connectivity index (χ1) is 12.5. The van der Waals surface area contributed by atoms with Gasteiger partial charge in [-0.3, -0.25) is 0 Å². The number of esters is 1. The summed E-state index contributed by atoms with van der Waals surface area (Å²) in [4.78, 5) is 23.6. The van der Waals surface area contributed by atoms with Gasteiger partial charge in [0.1, 0.15) is 22.0 Å². The molecule has 26 heavy (non-hydrogen) atoms. The molecule has 7 nitrogen and oxygen atoms in total. The van der Waals surface area contributed by atoms with Crippen LogP contribution in [0, 0.1) is 12.8 Å². The maximum Gasteiger partial charge on any atom is 0.343 e. The Morgan fingerprint density at radius 1 is 1.46 bits per heavy atom. The SMILES string of the molecule is CCOC(=O)c1cnn(-c2nc(C)nc3sc4c(c23)CC[C@H](C)C4)c1N. The third kappa shape index (κ3) is 2.65. The lowest BCUT2D eigenvalue weighted by molar-refractivity contribution is 0.0527. The molecular formula is C18H21N5O2S. The fraction of sp³-hybridized carbons (Fsp3) is 0.444. The minimum Gasteiger partial charge on any atom is -0.462 e. The summed E-state index contributed by atoms with van der Waals surface area (Å²) in [5.41, 5.74) is 7.77. The number of fused-ring (bicyclic) bond motifs is 3. The number of thiophene rings is 1. The summed E-state index contributed by atoms with van der Waals surface area (Å²) in [6.45, 7) is 6.18. The Balaban J connectivity index is 1.91. The molecule has 8 heteroatoms. The average molecular weight is 371 g/mol. The Morgan fingerprint density at radius 3 is 3.04 bits per heavy atom. The van der Waals surface area contributed by atoms with Crippen molar-refractivity contribution in [1.82, 2.24) is 19.7 Å². The van der Waals surface area contributed by atoms with Crippen LogP contribution in [0.4, 0.5) is 5.82 Å². The molecule has 3 aromatic heterocycles. The number of ether oxygens (including phenoxy) is 1. The molecule has 0 aliphatic heterocycles. The number of anilines is 1. The van der Waals surface area contributed by atoms with Crippen LogP contribution in [0.25, 0.3) is 16.0 Å². The molecule has 1 aliphatic rings. The van der Waals surface area contributed by atoms with E-state index in [1.807, 2.05) is 6.92 Å². The molecule has 1 atom stereocenters. The number of hydrogen-bond donors (Lipinski definition) is 1. The standard InChI is InChI=1S/C18H21N5O2S/c1-4-25-18(24)12-8-20-23(15(12)19)16-14-11-6-5-9(2)7-13(11)26-17(14)22-10(3)21-16/h8-9H,4-7,19H2,1-3H3/t9-/m0/s1. The predicted molar refractivity (Wildman–Crippen MR) is 101 cm³/mol. The van der Waals surface area contributed by atoms with Crippen molar-refractivity contribution < 1.29 is 9.53 Å². The lowest BCUT2D eigenvalue weighted by atomic mass is 9.89. The van der Waals surface area contributed by atoms with Crippen molar-refractivity contribution in [3.05, 3.63) is 28.0 Å². The van der Waals surface area contributed by atoms with Crippen LogP contribution in [0.15, 0.2) is 6.20 Å². The van der Waals surface area contributed by atoms with Crippen molar-refractivity contribution in [3.63, 3.8) is 0 Å². The van der Waals surface area contributed by atoms with E-state index in [9.17, 15) is 4.79 Å².